The number of carboxylic acids is 1. The lowest BCUT2D eigenvalue weighted by molar-refractivity contribution is -0.0991. The van der Waals surface area contributed by atoms with Gasteiger partial charge in [0.25, 0.3) is 0 Å². The SMILES string of the molecule is CC1(CNCc2ccoc2C(=O)O)COC1. The van der Waals surface area contributed by atoms with Crippen molar-refractivity contribution in [2.45, 2.75) is 13.5 Å². The van der Waals surface area contributed by atoms with Crippen LogP contribution in [0.1, 0.15) is 23.0 Å². The fraction of sp³-hybridized carbons (Fsp3) is 0.545. The molecule has 0 aliphatic carbocycles. The van der Waals surface area contributed by atoms with Gasteiger partial charge in [0.2, 0.25) is 5.76 Å². The topological polar surface area (TPSA) is 71.7 Å². The van der Waals surface area contributed by atoms with Gasteiger partial charge in [-0.05, 0) is 6.07 Å². The Hall–Kier alpha value is -1.33. The van der Waals surface area contributed by atoms with Gasteiger partial charge in [-0.1, -0.05) is 6.92 Å². The van der Waals surface area contributed by atoms with E-state index in [9.17, 15) is 4.79 Å². The second-order valence-electron chi connectivity index (χ2n) is 4.49. The summed E-state index contributed by atoms with van der Waals surface area (Å²) in [6.07, 6.45) is 1.40. The summed E-state index contributed by atoms with van der Waals surface area (Å²) in [7, 11) is 0. The first-order valence-corrected chi connectivity index (χ1v) is 5.19. The molecule has 0 amide bonds. The van der Waals surface area contributed by atoms with Crippen LogP contribution >= 0.6 is 0 Å². The quantitative estimate of drug-likeness (QED) is 0.785. The highest BCUT2D eigenvalue weighted by Gasteiger charge is 2.32. The van der Waals surface area contributed by atoms with Gasteiger partial charge in [0, 0.05) is 24.1 Å². The lowest BCUT2D eigenvalue weighted by atomic mass is 9.89. The number of carboxylic acid groups (broad SMARTS) is 1. The van der Waals surface area contributed by atoms with Crippen molar-refractivity contribution in [3.05, 3.63) is 23.7 Å². The van der Waals surface area contributed by atoms with E-state index in [0.29, 0.717) is 12.1 Å². The zero-order valence-corrected chi connectivity index (χ0v) is 9.16. The molecule has 0 radical (unpaired) electrons. The van der Waals surface area contributed by atoms with Gasteiger partial charge in [-0.2, -0.15) is 0 Å². The lowest BCUT2D eigenvalue weighted by Crippen LogP contribution is -2.47. The molecule has 1 aromatic heterocycles. The fourth-order valence-electron chi connectivity index (χ4n) is 1.71. The number of carbonyl (C=O) groups is 1. The van der Waals surface area contributed by atoms with Crippen LogP contribution in [-0.4, -0.2) is 30.8 Å². The Bertz CT molecular complexity index is 381. The predicted molar refractivity (Wildman–Crippen MR) is 56.3 cm³/mol. The Kier molecular flexibility index (Phi) is 2.98. The molecule has 1 aromatic rings. The highest BCUT2D eigenvalue weighted by molar-refractivity contribution is 5.86. The average Bonchev–Trinajstić information content (AvgIpc) is 2.63. The molecular weight excluding hydrogens is 210 g/mol. The van der Waals surface area contributed by atoms with Crippen LogP contribution in [0.4, 0.5) is 0 Å². The second kappa shape index (κ2) is 4.27. The van der Waals surface area contributed by atoms with Crippen LogP contribution < -0.4 is 5.32 Å². The number of hydrogen-bond acceptors (Lipinski definition) is 4. The zero-order valence-electron chi connectivity index (χ0n) is 9.16. The molecule has 0 bridgehead atoms. The minimum Gasteiger partial charge on any atom is -0.475 e. The second-order valence-corrected chi connectivity index (χ2v) is 4.49. The van der Waals surface area contributed by atoms with Crippen molar-refractivity contribution < 1.29 is 19.1 Å². The highest BCUT2D eigenvalue weighted by atomic mass is 16.5. The molecule has 5 nitrogen and oxygen atoms in total. The summed E-state index contributed by atoms with van der Waals surface area (Å²) >= 11 is 0. The van der Waals surface area contributed by atoms with Gasteiger partial charge in [0.05, 0.1) is 19.5 Å². The minimum atomic E-state index is -1.03. The number of ether oxygens (including phenoxy) is 1. The molecule has 1 aliphatic rings. The Morgan fingerprint density at radius 2 is 2.38 bits per heavy atom. The summed E-state index contributed by atoms with van der Waals surface area (Å²) < 4.78 is 10.0. The van der Waals surface area contributed by atoms with Crippen LogP contribution in [0.3, 0.4) is 0 Å². The molecule has 0 saturated carbocycles. The van der Waals surface area contributed by atoms with E-state index >= 15 is 0 Å². The minimum absolute atomic E-state index is 0.0162. The molecule has 0 spiro atoms. The van der Waals surface area contributed by atoms with Crippen LogP contribution in [0.2, 0.25) is 0 Å². The van der Waals surface area contributed by atoms with Crippen molar-refractivity contribution in [1.29, 1.82) is 0 Å². The van der Waals surface area contributed by atoms with Gasteiger partial charge in [-0.25, -0.2) is 4.79 Å². The molecule has 1 aliphatic heterocycles. The van der Waals surface area contributed by atoms with Crippen molar-refractivity contribution in [2.24, 2.45) is 5.41 Å². The van der Waals surface area contributed by atoms with Crippen molar-refractivity contribution >= 4 is 5.97 Å². The molecule has 5 heteroatoms. The van der Waals surface area contributed by atoms with Gasteiger partial charge >= 0.3 is 5.97 Å². The first kappa shape index (κ1) is 11.2. The lowest BCUT2D eigenvalue weighted by Gasteiger charge is -2.38. The molecule has 0 aromatic carbocycles. The molecule has 1 fully saturated rings. The molecule has 16 heavy (non-hydrogen) atoms. The molecule has 2 rings (SSSR count). The molecule has 2 heterocycles. The maximum absolute atomic E-state index is 10.8. The Morgan fingerprint density at radius 3 is 2.94 bits per heavy atom. The third kappa shape index (κ3) is 2.25. The standard InChI is InChI=1S/C11H15NO4/c1-11(6-15-7-11)5-12-4-8-2-3-16-9(8)10(13)14/h2-3,12H,4-7H2,1H3,(H,13,14). The first-order chi connectivity index (χ1) is 7.61. The predicted octanol–water partition coefficient (Wildman–Crippen LogP) is 1.10. The van der Waals surface area contributed by atoms with Crippen molar-refractivity contribution in [1.82, 2.24) is 5.32 Å². The smallest absolute Gasteiger partial charge is 0.372 e. The van der Waals surface area contributed by atoms with Gasteiger partial charge in [0.15, 0.2) is 0 Å². The van der Waals surface area contributed by atoms with E-state index in [1.54, 1.807) is 6.07 Å². The van der Waals surface area contributed by atoms with E-state index in [2.05, 4.69) is 12.2 Å². The largest absolute Gasteiger partial charge is 0.475 e. The zero-order chi connectivity index (χ0) is 11.6. The van der Waals surface area contributed by atoms with Gasteiger partial charge in [-0.15, -0.1) is 0 Å². The number of aromatic carboxylic acids is 1. The fourth-order valence-corrected chi connectivity index (χ4v) is 1.71. The number of hydrogen-bond donors (Lipinski definition) is 2. The molecule has 0 atom stereocenters. The first-order valence-electron chi connectivity index (χ1n) is 5.19. The Morgan fingerprint density at radius 1 is 1.62 bits per heavy atom. The molecular formula is C11H15NO4. The van der Waals surface area contributed by atoms with Crippen LogP contribution in [0, 0.1) is 5.41 Å². The third-order valence-electron chi connectivity index (χ3n) is 2.71. The molecule has 2 N–H and O–H groups in total. The summed E-state index contributed by atoms with van der Waals surface area (Å²) in [5.74, 6) is -1.01. The third-order valence-corrected chi connectivity index (χ3v) is 2.71. The highest BCUT2D eigenvalue weighted by Crippen LogP contribution is 2.25. The summed E-state index contributed by atoms with van der Waals surface area (Å²) in [5, 5.41) is 12.1. The number of furan rings is 1. The van der Waals surface area contributed by atoms with Crippen molar-refractivity contribution in [3.8, 4) is 0 Å². The molecule has 0 unspecified atom stereocenters. The van der Waals surface area contributed by atoms with E-state index in [0.717, 1.165) is 19.8 Å². The van der Waals surface area contributed by atoms with E-state index in [1.165, 1.54) is 6.26 Å². The van der Waals surface area contributed by atoms with E-state index in [-0.39, 0.29) is 11.2 Å². The summed E-state index contributed by atoms with van der Waals surface area (Å²) in [6, 6.07) is 1.68. The maximum atomic E-state index is 10.8. The summed E-state index contributed by atoms with van der Waals surface area (Å²) in [5.41, 5.74) is 0.865. The normalized spacial score (nSPS) is 18.1. The van der Waals surface area contributed by atoms with Crippen molar-refractivity contribution in [2.75, 3.05) is 19.8 Å². The van der Waals surface area contributed by atoms with Crippen LogP contribution in [0.5, 0.6) is 0 Å². The molecule has 1 saturated heterocycles. The van der Waals surface area contributed by atoms with E-state index in [1.807, 2.05) is 0 Å². The number of nitrogens with one attached hydrogen (secondary N) is 1. The van der Waals surface area contributed by atoms with Crippen LogP contribution in [0.25, 0.3) is 0 Å². The summed E-state index contributed by atoms with van der Waals surface area (Å²) in [6.45, 7) is 4.98. The van der Waals surface area contributed by atoms with Gasteiger partial charge in [0.1, 0.15) is 0 Å². The van der Waals surface area contributed by atoms with Crippen LogP contribution in [0.15, 0.2) is 16.7 Å². The van der Waals surface area contributed by atoms with Gasteiger partial charge in [-0.3, -0.25) is 0 Å². The number of rotatable bonds is 5. The van der Waals surface area contributed by atoms with E-state index < -0.39 is 5.97 Å². The van der Waals surface area contributed by atoms with Gasteiger partial charge < -0.3 is 19.6 Å². The maximum Gasteiger partial charge on any atom is 0.372 e. The Labute approximate surface area is 93.4 Å². The average molecular weight is 225 g/mol. The van der Waals surface area contributed by atoms with Crippen molar-refractivity contribution in [3.63, 3.8) is 0 Å². The Balaban J connectivity index is 1.85. The van der Waals surface area contributed by atoms with Crippen LogP contribution in [-0.2, 0) is 11.3 Å². The molecule has 88 valence electrons. The summed E-state index contributed by atoms with van der Waals surface area (Å²) in [4.78, 5) is 10.8. The van der Waals surface area contributed by atoms with E-state index in [4.69, 9.17) is 14.3 Å². The monoisotopic (exact) mass is 225 g/mol.